The average Bonchev–Trinajstić information content (AvgIpc) is 2.82. The molecule has 1 aliphatic heterocycles. The zero-order valence-corrected chi connectivity index (χ0v) is 14.8. The summed E-state index contributed by atoms with van der Waals surface area (Å²) in [5.41, 5.74) is 2.68. The predicted molar refractivity (Wildman–Crippen MR) is 92.1 cm³/mol. The number of aryl methyl sites for hydroxylation is 1. The van der Waals surface area contributed by atoms with Gasteiger partial charge in [0.15, 0.2) is 5.78 Å². The highest BCUT2D eigenvalue weighted by molar-refractivity contribution is 6.02. The van der Waals surface area contributed by atoms with Crippen LogP contribution in [0.3, 0.4) is 0 Å². The standard InChI is InChI=1S/C18H29N3O2/c1-5-21-10-6-7-15(11-21)8-9-19-18(23)16-12(2)17(14(4)22)20-13(16)3/h15,20H,5-11H2,1-4H3,(H,19,23)/t15-/m1/s1. The molecule has 1 aliphatic rings. The van der Waals surface area contributed by atoms with Gasteiger partial charge in [0, 0.05) is 25.7 Å². The minimum absolute atomic E-state index is 0.0356. The second kappa shape index (κ2) is 7.77. The average molecular weight is 319 g/mol. The lowest BCUT2D eigenvalue weighted by atomic mass is 9.95. The van der Waals surface area contributed by atoms with E-state index in [9.17, 15) is 9.59 Å². The van der Waals surface area contributed by atoms with E-state index < -0.39 is 0 Å². The Bertz CT molecular complexity index is 577. The molecule has 0 radical (unpaired) electrons. The Labute approximate surface area is 138 Å². The van der Waals surface area contributed by atoms with E-state index in [1.165, 1.54) is 26.3 Å². The monoisotopic (exact) mass is 319 g/mol. The number of piperidine rings is 1. The van der Waals surface area contributed by atoms with Gasteiger partial charge in [-0.3, -0.25) is 9.59 Å². The van der Waals surface area contributed by atoms with Crippen molar-refractivity contribution in [1.82, 2.24) is 15.2 Å². The quantitative estimate of drug-likeness (QED) is 0.792. The number of nitrogens with zero attached hydrogens (tertiary/aromatic N) is 1. The van der Waals surface area contributed by atoms with Crippen LogP contribution in [0.1, 0.15) is 65.2 Å². The van der Waals surface area contributed by atoms with Gasteiger partial charge in [-0.1, -0.05) is 6.92 Å². The SMILES string of the molecule is CCN1CCC[C@H](CCNC(=O)c2c(C)[nH]c(C(C)=O)c2C)C1. The molecule has 0 saturated carbocycles. The molecule has 2 rings (SSSR count). The van der Waals surface area contributed by atoms with E-state index in [1.54, 1.807) is 0 Å². The summed E-state index contributed by atoms with van der Waals surface area (Å²) >= 11 is 0. The maximum absolute atomic E-state index is 12.4. The molecule has 1 saturated heterocycles. The molecule has 5 heteroatoms. The number of aromatic nitrogens is 1. The number of hydrogen-bond acceptors (Lipinski definition) is 3. The fourth-order valence-electron chi connectivity index (χ4n) is 3.59. The Hall–Kier alpha value is -1.62. The van der Waals surface area contributed by atoms with Gasteiger partial charge in [0.25, 0.3) is 5.91 Å². The van der Waals surface area contributed by atoms with E-state index in [0.717, 1.165) is 30.8 Å². The third-order valence-corrected chi connectivity index (χ3v) is 4.91. The lowest BCUT2D eigenvalue weighted by Crippen LogP contribution is -2.37. The molecule has 2 N–H and O–H groups in total. The third-order valence-electron chi connectivity index (χ3n) is 4.91. The normalized spacial score (nSPS) is 18.9. The van der Waals surface area contributed by atoms with Crippen molar-refractivity contribution < 1.29 is 9.59 Å². The first-order chi connectivity index (χ1) is 10.9. The Kier molecular flexibility index (Phi) is 5.99. The molecule has 1 fully saturated rings. The Balaban J connectivity index is 1.89. The van der Waals surface area contributed by atoms with Gasteiger partial charge in [-0.05, 0) is 57.7 Å². The summed E-state index contributed by atoms with van der Waals surface area (Å²) in [5, 5.41) is 3.02. The molecule has 0 unspecified atom stereocenters. The molecule has 1 aromatic heterocycles. The molecular weight excluding hydrogens is 290 g/mol. The Morgan fingerprint density at radius 2 is 2.09 bits per heavy atom. The molecule has 0 aliphatic carbocycles. The summed E-state index contributed by atoms with van der Waals surface area (Å²) in [6.07, 6.45) is 3.53. The first-order valence-corrected chi connectivity index (χ1v) is 8.64. The smallest absolute Gasteiger partial charge is 0.253 e. The second-order valence-corrected chi connectivity index (χ2v) is 6.63. The molecule has 1 amide bonds. The number of Topliss-reactive ketones (excluding diaryl/α,β-unsaturated/α-hetero) is 1. The van der Waals surface area contributed by atoms with Crippen molar-refractivity contribution in [3.8, 4) is 0 Å². The second-order valence-electron chi connectivity index (χ2n) is 6.63. The van der Waals surface area contributed by atoms with Crippen LogP contribution in [-0.4, -0.2) is 47.8 Å². The number of nitrogens with one attached hydrogen (secondary N) is 2. The van der Waals surface area contributed by atoms with Crippen molar-refractivity contribution >= 4 is 11.7 Å². The summed E-state index contributed by atoms with van der Waals surface area (Å²) in [4.78, 5) is 29.5. The largest absolute Gasteiger partial charge is 0.355 e. The third kappa shape index (κ3) is 4.22. The number of H-pyrrole nitrogens is 1. The van der Waals surface area contributed by atoms with Crippen molar-refractivity contribution in [3.05, 3.63) is 22.5 Å². The number of amides is 1. The van der Waals surface area contributed by atoms with Gasteiger partial charge in [0.2, 0.25) is 0 Å². The molecule has 0 bridgehead atoms. The van der Waals surface area contributed by atoms with E-state index in [4.69, 9.17) is 0 Å². The van der Waals surface area contributed by atoms with Crippen molar-refractivity contribution in [2.75, 3.05) is 26.2 Å². The first-order valence-electron chi connectivity index (χ1n) is 8.64. The maximum Gasteiger partial charge on any atom is 0.253 e. The zero-order chi connectivity index (χ0) is 17.0. The van der Waals surface area contributed by atoms with Crippen molar-refractivity contribution in [1.29, 1.82) is 0 Å². The van der Waals surface area contributed by atoms with Gasteiger partial charge >= 0.3 is 0 Å². The fourth-order valence-corrected chi connectivity index (χ4v) is 3.59. The van der Waals surface area contributed by atoms with Crippen LogP contribution in [0.4, 0.5) is 0 Å². The van der Waals surface area contributed by atoms with Crippen LogP contribution in [-0.2, 0) is 0 Å². The van der Waals surface area contributed by atoms with E-state index in [0.29, 0.717) is 23.7 Å². The molecule has 5 nitrogen and oxygen atoms in total. The lowest BCUT2D eigenvalue weighted by molar-refractivity contribution is 0.0946. The molecule has 0 spiro atoms. The van der Waals surface area contributed by atoms with E-state index >= 15 is 0 Å². The number of carbonyl (C=O) groups is 2. The van der Waals surface area contributed by atoms with Gasteiger partial charge < -0.3 is 15.2 Å². The fraction of sp³-hybridized carbons (Fsp3) is 0.667. The van der Waals surface area contributed by atoms with E-state index in [2.05, 4.69) is 22.1 Å². The van der Waals surface area contributed by atoms with Crippen LogP contribution in [0.25, 0.3) is 0 Å². The van der Waals surface area contributed by atoms with Crippen molar-refractivity contribution in [3.63, 3.8) is 0 Å². The number of rotatable bonds is 6. The highest BCUT2D eigenvalue weighted by Crippen LogP contribution is 2.20. The van der Waals surface area contributed by atoms with Crippen LogP contribution < -0.4 is 5.32 Å². The molecule has 23 heavy (non-hydrogen) atoms. The molecule has 128 valence electrons. The number of ketones is 1. The van der Waals surface area contributed by atoms with Crippen LogP contribution in [0, 0.1) is 19.8 Å². The number of likely N-dealkylation sites (tertiary alicyclic amines) is 1. The number of hydrogen-bond donors (Lipinski definition) is 2. The minimum Gasteiger partial charge on any atom is -0.355 e. The number of carbonyl (C=O) groups excluding carboxylic acids is 2. The van der Waals surface area contributed by atoms with E-state index in [1.807, 2.05) is 13.8 Å². The highest BCUT2D eigenvalue weighted by atomic mass is 16.1. The van der Waals surface area contributed by atoms with Gasteiger partial charge in [-0.25, -0.2) is 0 Å². The molecule has 0 aromatic carbocycles. The summed E-state index contributed by atoms with van der Waals surface area (Å²) in [6, 6.07) is 0. The molecule has 1 aromatic rings. The lowest BCUT2D eigenvalue weighted by Gasteiger charge is -2.31. The highest BCUT2D eigenvalue weighted by Gasteiger charge is 2.21. The van der Waals surface area contributed by atoms with Crippen LogP contribution in [0.15, 0.2) is 0 Å². The van der Waals surface area contributed by atoms with Crippen LogP contribution in [0.5, 0.6) is 0 Å². The van der Waals surface area contributed by atoms with Crippen molar-refractivity contribution in [2.24, 2.45) is 5.92 Å². The molecular formula is C18H29N3O2. The summed E-state index contributed by atoms with van der Waals surface area (Å²) in [6.45, 7) is 11.5. The summed E-state index contributed by atoms with van der Waals surface area (Å²) < 4.78 is 0. The topological polar surface area (TPSA) is 65.2 Å². The van der Waals surface area contributed by atoms with Gasteiger partial charge in [0.1, 0.15) is 0 Å². The van der Waals surface area contributed by atoms with Gasteiger partial charge in [0.05, 0.1) is 11.3 Å². The minimum atomic E-state index is -0.0769. The zero-order valence-electron chi connectivity index (χ0n) is 14.8. The Morgan fingerprint density at radius 3 is 2.70 bits per heavy atom. The van der Waals surface area contributed by atoms with E-state index in [-0.39, 0.29) is 11.7 Å². The summed E-state index contributed by atoms with van der Waals surface area (Å²) in [7, 11) is 0. The van der Waals surface area contributed by atoms with Crippen LogP contribution in [0.2, 0.25) is 0 Å². The first kappa shape index (κ1) is 17.7. The number of aromatic amines is 1. The van der Waals surface area contributed by atoms with Gasteiger partial charge in [-0.15, -0.1) is 0 Å². The van der Waals surface area contributed by atoms with Crippen molar-refractivity contribution in [2.45, 2.75) is 47.0 Å². The maximum atomic E-state index is 12.4. The molecule has 2 heterocycles. The Morgan fingerprint density at radius 1 is 1.35 bits per heavy atom. The van der Waals surface area contributed by atoms with Crippen LogP contribution >= 0.6 is 0 Å². The van der Waals surface area contributed by atoms with Gasteiger partial charge in [-0.2, -0.15) is 0 Å². The summed E-state index contributed by atoms with van der Waals surface area (Å²) in [5.74, 6) is 0.559. The predicted octanol–water partition coefficient (Wildman–Crippen LogP) is 2.69. The molecule has 1 atom stereocenters.